The third-order valence-electron chi connectivity index (χ3n) is 3.44. The first-order valence-electron chi connectivity index (χ1n) is 8.09. The lowest BCUT2D eigenvalue weighted by molar-refractivity contribution is -0.384. The van der Waals surface area contributed by atoms with Gasteiger partial charge < -0.3 is 19.2 Å². The summed E-state index contributed by atoms with van der Waals surface area (Å²) < 4.78 is 15.7. The third-order valence-corrected chi connectivity index (χ3v) is 4.10. The van der Waals surface area contributed by atoms with E-state index in [0.717, 1.165) is 0 Å². The number of carbonyl (C=O) groups excluding carboxylic acids is 2. The molecule has 0 fully saturated rings. The third kappa shape index (κ3) is 5.64. The molecule has 0 unspecified atom stereocenters. The van der Waals surface area contributed by atoms with Crippen LogP contribution in [0.1, 0.15) is 23.2 Å². The number of nitrogens with zero attached hydrogens (tertiary/aromatic N) is 1. The Hall–Kier alpha value is -2.72. The van der Waals surface area contributed by atoms with Gasteiger partial charge in [0, 0.05) is 17.9 Å². The lowest BCUT2D eigenvalue weighted by atomic mass is 10.3. The Kier molecular flexibility index (Phi) is 7.70. The van der Waals surface area contributed by atoms with Gasteiger partial charge in [-0.05, 0) is 25.1 Å². The first-order valence-corrected chi connectivity index (χ1v) is 9.10. The van der Waals surface area contributed by atoms with Crippen LogP contribution in [0, 0.1) is 10.1 Å². The van der Waals surface area contributed by atoms with Crippen LogP contribution in [0.2, 0.25) is 5.02 Å². The lowest BCUT2D eigenvalue weighted by Crippen LogP contribution is -2.43. The molecule has 0 bridgehead atoms. The van der Waals surface area contributed by atoms with Gasteiger partial charge in [0.2, 0.25) is 0 Å². The van der Waals surface area contributed by atoms with Gasteiger partial charge in [0.1, 0.15) is 24.2 Å². The van der Waals surface area contributed by atoms with Crippen molar-refractivity contribution < 1.29 is 28.4 Å². The summed E-state index contributed by atoms with van der Waals surface area (Å²) in [6.07, 6.45) is 0. The smallest absolute Gasteiger partial charge is 0.329 e. The maximum Gasteiger partial charge on any atom is 0.329 e. The summed E-state index contributed by atoms with van der Waals surface area (Å²) in [5, 5.41) is 13.3. The van der Waals surface area contributed by atoms with Gasteiger partial charge in [-0.25, -0.2) is 4.79 Å². The molecule has 0 radical (unpaired) electrons. The van der Waals surface area contributed by atoms with Crippen LogP contribution in [0.15, 0.2) is 34.7 Å². The SMILES string of the molecule is CCOC(=O)[C@H](CS)NC(=O)c1ccc(COc2ccc([N+](=O)[O-])cc2Cl)o1. The molecule has 1 aromatic carbocycles. The number of benzene rings is 1. The van der Waals surface area contributed by atoms with E-state index >= 15 is 0 Å². The first-order chi connectivity index (χ1) is 13.3. The van der Waals surface area contributed by atoms with Crippen molar-refractivity contribution in [3.05, 3.63) is 57.0 Å². The normalized spacial score (nSPS) is 11.5. The first kappa shape index (κ1) is 21.6. The van der Waals surface area contributed by atoms with Crippen molar-refractivity contribution in [2.45, 2.75) is 19.6 Å². The summed E-state index contributed by atoms with van der Waals surface area (Å²) in [6, 6.07) is 5.84. The Morgan fingerprint density at radius 3 is 2.71 bits per heavy atom. The van der Waals surface area contributed by atoms with E-state index in [1.54, 1.807) is 6.92 Å². The van der Waals surface area contributed by atoms with E-state index in [1.165, 1.54) is 30.3 Å². The van der Waals surface area contributed by atoms with Crippen LogP contribution in [0.25, 0.3) is 0 Å². The number of hydrogen-bond donors (Lipinski definition) is 2. The standard InChI is InChI=1S/C17H17ClN2O7S/c1-2-25-17(22)13(9-28)19-16(21)15-6-4-11(27-15)8-26-14-5-3-10(20(23)24)7-12(14)18/h3-7,13,28H,2,8-9H2,1H3,(H,19,21)/t13-/m0/s1. The van der Waals surface area contributed by atoms with Crippen LogP contribution in [-0.2, 0) is 16.1 Å². The molecule has 0 aliphatic rings. The van der Waals surface area contributed by atoms with E-state index < -0.39 is 22.8 Å². The zero-order valence-electron chi connectivity index (χ0n) is 14.7. The highest BCUT2D eigenvalue weighted by atomic mass is 35.5. The Labute approximate surface area is 170 Å². The maximum atomic E-state index is 12.2. The molecule has 1 heterocycles. The molecule has 11 heteroatoms. The van der Waals surface area contributed by atoms with E-state index in [4.69, 9.17) is 25.5 Å². The number of esters is 1. The van der Waals surface area contributed by atoms with Crippen molar-refractivity contribution in [3.8, 4) is 5.75 Å². The number of thiol groups is 1. The van der Waals surface area contributed by atoms with Crippen LogP contribution in [0.3, 0.4) is 0 Å². The Morgan fingerprint density at radius 2 is 2.11 bits per heavy atom. The van der Waals surface area contributed by atoms with E-state index in [2.05, 4.69) is 17.9 Å². The number of amides is 1. The van der Waals surface area contributed by atoms with Crippen molar-refractivity contribution in [2.75, 3.05) is 12.4 Å². The Morgan fingerprint density at radius 1 is 1.36 bits per heavy atom. The largest absolute Gasteiger partial charge is 0.484 e. The fourth-order valence-corrected chi connectivity index (χ4v) is 2.57. The fourth-order valence-electron chi connectivity index (χ4n) is 2.10. The van der Waals surface area contributed by atoms with Gasteiger partial charge in [-0.3, -0.25) is 14.9 Å². The molecule has 0 saturated heterocycles. The van der Waals surface area contributed by atoms with Crippen LogP contribution >= 0.6 is 24.2 Å². The van der Waals surface area contributed by atoms with Gasteiger partial charge in [0.25, 0.3) is 11.6 Å². The Balaban J connectivity index is 1.97. The number of non-ortho nitro benzene ring substituents is 1. The summed E-state index contributed by atoms with van der Waals surface area (Å²) in [7, 11) is 0. The predicted octanol–water partition coefficient (Wildman–Crippen LogP) is 3.01. The van der Waals surface area contributed by atoms with Crippen LogP contribution in [0.4, 0.5) is 5.69 Å². The molecule has 0 aliphatic carbocycles. The second-order valence-electron chi connectivity index (χ2n) is 5.39. The zero-order chi connectivity index (χ0) is 20.7. The van der Waals surface area contributed by atoms with E-state index in [1.807, 2.05) is 0 Å². The number of nitro benzene ring substituents is 1. The minimum absolute atomic E-state index is 0.0236. The number of ether oxygens (including phenoxy) is 2. The quantitative estimate of drug-likeness (QED) is 0.272. The molecule has 150 valence electrons. The molecule has 1 aromatic heterocycles. The summed E-state index contributed by atoms with van der Waals surface area (Å²) in [6.45, 7) is 1.79. The second-order valence-corrected chi connectivity index (χ2v) is 6.16. The molecule has 28 heavy (non-hydrogen) atoms. The molecule has 2 aromatic rings. The van der Waals surface area contributed by atoms with Crippen LogP contribution < -0.4 is 10.1 Å². The topological polar surface area (TPSA) is 121 Å². The van der Waals surface area contributed by atoms with E-state index in [0.29, 0.717) is 5.76 Å². The molecule has 9 nitrogen and oxygen atoms in total. The molecular weight excluding hydrogens is 412 g/mol. The minimum atomic E-state index is -0.903. The highest BCUT2D eigenvalue weighted by Crippen LogP contribution is 2.29. The minimum Gasteiger partial charge on any atom is -0.484 e. The predicted molar refractivity (Wildman–Crippen MR) is 103 cm³/mol. The van der Waals surface area contributed by atoms with Crippen LogP contribution in [-0.4, -0.2) is 35.2 Å². The molecule has 1 atom stereocenters. The second kappa shape index (κ2) is 10.00. The monoisotopic (exact) mass is 428 g/mol. The number of furan rings is 1. The average Bonchev–Trinajstić information content (AvgIpc) is 3.14. The lowest BCUT2D eigenvalue weighted by Gasteiger charge is -2.14. The number of nitrogens with one attached hydrogen (secondary N) is 1. The molecule has 2 rings (SSSR count). The van der Waals surface area contributed by atoms with E-state index in [9.17, 15) is 19.7 Å². The number of carbonyl (C=O) groups is 2. The van der Waals surface area contributed by atoms with Gasteiger partial charge in [0.05, 0.1) is 16.6 Å². The highest BCUT2D eigenvalue weighted by molar-refractivity contribution is 7.80. The Bertz CT molecular complexity index is 871. The number of hydrogen-bond acceptors (Lipinski definition) is 8. The summed E-state index contributed by atoms with van der Waals surface area (Å²) >= 11 is 9.97. The molecule has 0 saturated carbocycles. The van der Waals surface area contributed by atoms with Gasteiger partial charge >= 0.3 is 5.97 Å². The molecular formula is C17H17ClN2O7S. The summed E-state index contributed by atoms with van der Waals surface area (Å²) in [4.78, 5) is 34.0. The molecule has 0 aliphatic heterocycles. The number of halogens is 1. The van der Waals surface area contributed by atoms with Gasteiger partial charge in [0.15, 0.2) is 5.76 Å². The van der Waals surface area contributed by atoms with Gasteiger partial charge in [-0.2, -0.15) is 12.6 Å². The number of rotatable bonds is 9. The zero-order valence-corrected chi connectivity index (χ0v) is 16.4. The molecule has 1 amide bonds. The number of nitro groups is 1. The molecule has 1 N–H and O–H groups in total. The van der Waals surface area contributed by atoms with Gasteiger partial charge in [-0.15, -0.1) is 0 Å². The summed E-state index contributed by atoms with van der Waals surface area (Å²) in [5.74, 6) is -0.602. The van der Waals surface area contributed by atoms with Crippen LogP contribution in [0.5, 0.6) is 5.75 Å². The van der Waals surface area contributed by atoms with Crippen molar-refractivity contribution >= 4 is 41.8 Å². The van der Waals surface area contributed by atoms with Crippen molar-refractivity contribution in [1.82, 2.24) is 5.32 Å². The molecule has 0 spiro atoms. The van der Waals surface area contributed by atoms with Gasteiger partial charge in [-0.1, -0.05) is 11.6 Å². The van der Waals surface area contributed by atoms with Crippen molar-refractivity contribution in [3.63, 3.8) is 0 Å². The highest BCUT2D eigenvalue weighted by Gasteiger charge is 2.23. The van der Waals surface area contributed by atoms with E-state index in [-0.39, 0.29) is 41.2 Å². The summed E-state index contributed by atoms with van der Waals surface area (Å²) in [5.41, 5.74) is -0.158. The van der Waals surface area contributed by atoms with Crippen molar-refractivity contribution in [2.24, 2.45) is 0 Å². The maximum absolute atomic E-state index is 12.2. The van der Waals surface area contributed by atoms with Crippen molar-refractivity contribution in [1.29, 1.82) is 0 Å². The fraction of sp³-hybridized carbons (Fsp3) is 0.294. The average molecular weight is 429 g/mol.